The van der Waals surface area contributed by atoms with Crippen molar-refractivity contribution in [1.82, 2.24) is 5.06 Å². The maximum absolute atomic E-state index is 15.0. The Morgan fingerprint density at radius 1 is 0.810 bits per heavy atom. The smallest absolute Gasteiger partial charge is 0.257 e. The molecule has 6 unspecified atom stereocenters. The highest BCUT2D eigenvalue weighted by Gasteiger charge is 2.70. The predicted octanol–water partition coefficient (Wildman–Crippen LogP) is 5.25. The lowest BCUT2D eigenvalue weighted by Gasteiger charge is -2.50. The van der Waals surface area contributed by atoms with Gasteiger partial charge in [-0.05, 0) is 60.7 Å². The van der Waals surface area contributed by atoms with Gasteiger partial charge >= 0.3 is 0 Å². The van der Waals surface area contributed by atoms with Gasteiger partial charge in [0.2, 0.25) is 11.8 Å². The van der Waals surface area contributed by atoms with E-state index in [2.05, 4.69) is 0 Å². The summed E-state index contributed by atoms with van der Waals surface area (Å²) < 4.78 is 0. The zero-order valence-corrected chi connectivity index (χ0v) is 23.5. The molecule has 3 aromatic rings. The molecule has 6 atom stereocenters. The Hall–Kier alpha value is -3.98. The highest BCUT2D eigenvalue weighted by molar-refractivity contribution is 6.32. The lowest BCUT2D eigenvalue weighted by atomic mass is 9.49. The molecule has 2 N–H and O–H groups in total. The lowest BCUT2D eigenvalue weighted by Crippen LogP contribution is -2.53. The molecule has 3 fully saturated rings. The van der Waals surface area contributed by atoms with Crippen molar-refractivity contribution in [2.24, 2.45) is 23.7 Å². The quantitative estimate of drug-likeness (QED) is 0.240. The van der Waals surface area contributed by atoms with Crippen LogP contribution in [0.2, 0.25) is 10.0 Å². The minimum absolute atomic E-state index is 0.0776. The Labute approximate surface area is 250 Å². The molecule has 3 aromatic carbocycles. The number of amides is 4. The van der Waals surface area contributed by atoms with Crippen LogP contribution >= 0.6 is 23.2 Å². The van der Waals surface area contributed by atoms with Crippen molar-refractivity contribution >= 4 is 52.5 Å². The van der Waals surface area contributed by atoms with Crippen molar-refractivity contribution < 1.29 is 29.5 Å². The van der Waals surface area contributed by atoms with Crippen LogP contribution in [0.4, 0.5) is 5.69 Å². The largest absolute Gasteiger partial charge is 0.508 e. The van der Waals surface area contributed by atoms with Gasteiger partial charge in [0, 0.05) is 21.5 Å². The van der Waals surface area contributed by atoms with Crippen molar-refractivity contribution in [2.45, 2.75) is 24.2 Å². The van der Waals surface area contributed by atoms with Crippen molar-refractivity contribution in [3.05, 3.63) is 106 Å². The van der Waals surface area contributed by atoms with Gasteiger partial charge in [0.15, 0.2) is 0 Å². The van der Waals surface area contributed by atoms with Gasteiger partial charge in [0.05, 0.1) is 28.9 Å². The molecular weight excluding hydrogens is 579 g/mol. The summed E-state index contributed by atoms with van der Waals surface area (Å²) in [5.74, 6) is -6.76. The Balaban J connectivity index is 1.54. The van der Waals surface area contributed by atoms with Gasteiger partial charge < -0.3 is 5.11 Å². The fourth-order valence-corrected chi connectivity index (χ4v) is 8.19. The number of hydrogen-bond acceptors (Lipinski definition) is 6. The number of imide groups is 2. The number of hydrogen-bond donors (Lipinski definition) is 2. The monoisotopic (exact) mass is 602 g/mol. The van der Waals surface area contributed by atoms with E-state index in [0.717, 1.165) is 4.90 Å². The molecule has 2 aliphatic heterocycles. The first-order valence-electron chi connectivity index (χ1n) is 13.6. The number of carbonyl (C=O) groups is 4. The third kappa shape index (κ3) is 3.52. The third-order valence-corrected chi connectivity index (χ3v) is 9.91. The molecule has 0 bridgehead atoms. The van der Waals surface area contributed by atoms with Gasteiger partial charge in [-0.25, -0.2) is 4.90 Å². The first-order valence-corrected chi connectivity index (χ1v) is 14.4. The predicted molar refractivity (Wildman–Crippen MR) is 153 cm³/mol. The van der Waals surface area contributed by atoms with E-state index in [9.17, 15) is 29.5 Å². The van der Waals surface area contributed by atoms with Crippen molar-refractivity contribution in [3.63, 3.8) is 0 Å². The summed E-state index contributed by atoms with van der Waals surface area (Å²) in [4.78, 5) is 56.7. The number of anilines is 1. The molecule has 2 aliphatic carbocycles. The third-order valence-electron chi connectivity index (χ3n) is 9.44. The van der Waals surface area contributed by atoms with Crippen LogP contribution in [0, 0.1) is 23.7 Å². The zero-order valence-electron chi connectivity index (χ0n) is 22.0. The topological polar surface area (TPSA) is 115 Å². The molecule has 2 saturated heterocycles. The molecule has 212 valence electrons. The SMILES string of the molecule is O=C1C2CC=C3C(CC4C(=O)N(c5cccc(Cl)c5)C(=O)C4(c4ccccc4)C3c3cc(Cl)ccc3O)C2C(=O)N1O. The van der Waals surface area contributed by atoms with Crippen LogP contribution in [0.5, 0.6) is 5.75 Å². The number of benzene rings is 3. The van der Waals surface area contributed by atoms with Crippen LogP contribution < -0.4 is 4.90 Å². The minimum atomic E-state index is -1.53. The minimum Gasteiger partial charge on any atom is -0.508 e. The van der Waals surface area contributed by atoms with Gasteiger partial charge in [-0.1, -0.05) is 71.2 Å². The molecule has 4 amide bonds. The average molecular weight is 603 g/mol. The summed E-state index contributed by atoms with van der Waals surface area (Å²) >= 11 is 12.7. The van der Waals surface area contributed by atoms with E-state index in [1.807, 2.05) is 12.1 Å². The molecule has 10 heteroatoms. The van der Waals surface area contributed by atoms with E-state index >= 15 is 0 Å². The second-order valence-electron chi connectivity index (χ2n) is 11.3. The zero-order chi connectivity index (χ0) is 29.5. The van der Waals surface area contributed by atoms with Crippen LogP contribution in [-0.4, -0.2) is 39.0 Å². The van der Waals surface area contributed by atoms with E-state index in [0.29, 0.717) is 32.4 Å². The first-order chi connectivity index (χ1) is 20.2. The van der Waals surface area contributed by atoms with Crippen molar-refractivity contribution in [1.29, 1.82) is 0 Å². The van der Waals surface area contributed by atoms with Crippen molar-refractivity contribution in [3.8, 4) is 5.75 Å². The van der Waals surface area contributed by atoms with Crippen LogP contribution in [-0.2, 0) is 24.6 Å². The van der Waals surface area contributed by atoms with E-state index in [-0.39, 0.29) is 23.7 Å². The highest BCUT2D eigenvalue weighted by atomic mass is 35.5. The number of phenols is 1. The number of halogens is 2. The van der Waals surface area contributed by atoms with E-state index < -0.39 is 58.6 Å². The molecule has 2 heterocycles. The molecular formula is C32H24Cl2N2O6. The number of fused-ring (bicyclic) bond motifs is 4. The van der Waals surface area contributed by atoms with Crippen molar-refractivity contribution in [2.75, 3.05) is 4.90 Å². The maximum Gasteiger partial charge on any atom is 0.257 e. The number of carbonyl (C=O) groups excluding carboxylic acids is 4. The van der Waals surface area contributed by atoms with Gasteiger partial charge in [-0.2, -0.15) is 5.06 Å². The van der Waals surface area contributed by atoms with Crippen LogP contribution in [0.1, 0.15) is 29.9 Å². The second kappa shape index (κ2) is 9.52. The highest BCUT2D eigenvalue weighted by Crippen LogP contribution is 2.65. The Bertz CT molecular complexity index is 1720. The number of hydroxylamine groups is 2. The van der Waals surface area contributed by atoms with Gasteiger partial charge in [-0.15, -0.1) is 0 Å². The molecule has 1 saturated carbocycles. The molecule has 7 rings (SSSR count). The number of phenolic OH excluding ortho intramolecular Hbond substituents is 1. The molecule has 42 heavy (non-hydrogen) atoms. The van der Waals surface area contributed by atoms with Gasteiger partial charge in [0.1, 0.15) is 5.75 Å². The number of aromatic hydroxyl groups is 1. The Morgan fingerprint density at radius 2 is 1.55 bits per heavy atom. The Kier molecular flexibility index (Phi) is 6.10. The summed E-state index contributed by atoms with van der Waals surface area (Å²) in [6.45, 7) is 0. The maximum atomic E-state index is 15.0. The molecule has 0 radical (unpaired) electrons. The Morgan fingerprint density at radius 3 is 2.29 bits per heavy atom. The molecule has 0 aromatic heterocycles. The number of allylic oxidation sites excluding steroid dienone is 2. The second-order valence-corrected chi connectivity index (χ2v) is 12.2. The molecule has 0 spiro atoms. The summed E-state index contributed by atoms with van der Waals surface area (Å²) in [5.41, 5.74) is 0.334. The fourth-order valence-electron chi connectivity index (χ4n) is 7.83. The average Bonchev–Trinajstić information content (AvgIpc) is 3.35. The van der Waals surface area contributed by atoms with E-state index in [4.69, 9.17) is 23.2 Å². The number of rotatable bonds is 3. The van der Waals surface area contributed by atoms with Crippen LogP contribution in [0.15, 0.2) is 84.4 Å². The van der Waals surface area contributed by atoms with Gasteiger partial charge in [0.25, 0.3) is 11.8 Å². The van der Waals surface area contributed by atoms with Crippen LogP contribution in [0.3, 0.4) is 0 Å². The first kappa shape index (κ1) is 26.9. The van der Waals surface area contributed by atoms with E-state index in [1.165, 1.54) is 12.1 Å². The summed E-state index contributed by atoms with van der Waals surface area (Å²) in [5, 5.41) is 22.4. The lowest BCUT2D eigenvalue weighted by molar-refractivity contribution is -0.173. The summed E-state index contributed by atoms with van der Waals surface area (Å²) in [6, 6.07) is 20.0. The normalized spacial score (nSPS) is 30.3. The van der Waals surface area contributed by atoms with Gasteiger partial charge in [-0.3, -0.25) is 24.4 Å². The fraction of sp³-hybridized carbons (Fsp3) is 0.250. The summed E-state index contributed by atoms with van der Waals surface area (Å²) in [6.07, 6.45) is 2.07. The molecule has 8 nitrogen and oxygen atoms in total. The standard InChI is InChI=1S/C32H24Cl2N2O6/c33-17-7-4-8-19(13-17)35-29(39)24-15-22-20(10-11-21-26(22)30(40)36(42)28(21)38)27(23-14-18(34)9-12-25(23)37)32(24,31(35)41)16-5-2-1-3-6-16/h1-10,12-14,21-22,24,26-27,37,42H,11,15H2. The molecule has 4 aliphatic rings. The summed E-state index contributed by atoms with van der Waals surface area (Å²) in [7, 11) is 0. The van der Waals surface area contributed by atoms with Crippen LogP contribution in [0.25, 0.3) is 0 Å². The van der Waals surface area contributed by atoms with E-state index in [1.54, 1.807) is 54.6 Å². The number of nitrogens with zero attached hydrogens (tertiary/aromatic N) is 2.